The molecular formula is C18H30N4O3. The molecule has 0 bridgehead atoms. The lowest BCUT2D eigenvalue weighted by molar-refractivity contribution is -0.168. The number of guanidine groups is 1. The molecule has 3 aliphatic rings. The van der Waals surface area contributed by atoms with E-state index in [-0.39, 0.29) is 17.2 Å². The number of hydrogen-bond donors (Lipinski definition) is 2. The number of nitrogens with one attached hydrogen (secondary N) is 2. The zero-order valence-corrected chi connectivity index (χ0v) is 15.3. The first-order chi connectivity index (χ1) is 12.1. The Bertz CT molecular complexity index is 528. The average molecular weight is 350 g/mol. The summed E-state index contributed by atoms with van der Waals surface area (Å²) in [7, 11) is 1.75. The van der Waals surface area contributed by atoms with Crippen LogP contribution in [-0.2, 0) is 14.3 Å². The first kappa shape index (κ1) is 18.2. The van der Waals surface area contributed by atoms with Gasteiger partial charge < -0.3 is 15.4 Å². The molecule has 2 N–H and O–H groups in total. The number of piperidine rings is 1. The van der Waals surface area contributed by atoms with Crippen molar-refractivity contribution in [2.45, 2.75) is 64.0 Å². The monoisotopic (exact) mass is 350 g/mol. The SMILES string of the molecule is CCOC1CC(NC(=NC)NCCN2C(=O)CCCC2=O)C12CCC2. The molecule has 1 saturated heterocycles. The maximum atomic E-state index is 11.8. The minimum atomic E-state index is -0.0621. The number of carbonyl (C=O) groups is 2. The van der Waals surface area contributed by atoms with Gasteiger partial charge in [0.05, 0.1) is 6.10 Å². The van der Waals surface area contributed by atoms with E-state index in [0.717, 1.165) is 19.0 Å². The number of ether oxygens (including phenoxy) is 1. The highest BCUT2D eigenvalue weighted by Crippen LogP contribution is 2.57. The van der Waals surface area contributed by atoms with Crippen LogP contribution in [0.15, 0.2) is 4.99 Å². The number of aliphatic imine (C=N–C) groups is 1. The smallest absolute Gasteiger partial charge is 0.229 e. The highest BCUT2D eigenvalue weighted by Gasteiger charge is 2.59. The van der Waals surface area contributed by atoms with E-state index in [0.29, 0.717) is 44.5 Å². The Labute approximate surface area is 149 Å². The largest absolute Gasteiger partial charge is 0.378 e. The Hall–Kier alpha value is -1.63. The Morgan fingerprint density at radius 1 is 1.28 bits per heavy atom. The Morgan fingerprint density at radius 2 is 2.00 bits per heavy atom. The second-order valence-electron chi connectivity index (χ2n) is 7.25. The fourth-order valence-corrected chi connectivity index (χ4v) is 4.34. The predicted molar refractivity (Wildman–Crippen MR) is 95.2 cm³/mol. The fraction of sp³-hybridized carbons (Fsp3) is 0.833. The second-order valence-corrected chi connectivity index (χ2v) is 7.25. The minimum Gasteiger partial charge on any atom is -0.378 e. The van der Waals surface area contributed by atoms with Crippen molar-refractivity contribution in [3.05, 3.63) is 0 Å². The standard InChI is InChI=1S/C18H30N4O3/c1-3-25-14-12-13(18(14)8-5-9-18)21-17(19-2)20-10-11-22-15(23)6-4-7-16(22)24/h13-14H,3-12H2,1-2H3,(H2,19,20,21). The lowest BCUT2D eigenvalue weighted by Gasteiger charge is -2.61. The van der Waals surface area contributed by atoms with Crippen molar-refractivity contribution in [1.82, 2.24) is 15.5 Å². The summed E-state index contributed by atoms with van der Waals surface area (Å²) < 4.78 is 5.88. The van der Waals surface area contributed by atoms with E-state index >= 15 is 0 Å². The summed E-state index contributed by atoms with van der Waals surface area (Å²) in [6.07, 6.45) is 6.70. The third-order valence-electron chi connectivity index (χ3n) is 5.98. The van der Waals surface area contributed by atoms with Crippen molar-refractivity contribution in [2.24, 2.45) is 10.4 Å². The summed E-state index contributed by atoms with van der Waals surface area (Å²) in [5.74, 6) is 0.615. The van der Waals surface area contributed by atoms with Crippen LogP contribution in [0.4, 0.5) is 0 Å². The van der Waals surface area contributed by atoms with Gasteiger partial charge in [0.25, 0.3) is 0 Å². The van der Waals surface area contributed by atoms with Gasteiger partial charge in [0.1, 0.15) is 0 Å². The van der Waals surface area contributed by atoms with Gasteiger partial charge in [0, 0.05) is 51.0 Å². The zero-order chi connectivity index (χ0) is 17.9. The average Bonchev–Trinajstić information content (AvgIpc) is 2.53. The number of rotatable bonds is 6. The van der Waals surface area contributed by atoms with Crippen LogP contribution in [0.1, 0.15) is 51.9 Å². The quantitative estimate of drug-likeness (QED) is 0.425. The molecular weight excluding hydrogens is 320 g/mol. The van der Waals surface area contributed by atoms with E-state index in [4.69, 9.17) is 4.74 Å². The van der Waals surface area contributed by atoms with Crippen LogP contribution in [0, 0.1) is 5.41 Å². The minimum absolute atomic E-state index is 0.0621. The second kappa shape index (κ2) is 7.72. The van der Waals surface area contributed by atoms with Crippen molar-refractivity contribution in [2.75, 3.05) is 26.7 Å². The topological polar surface area (TPSA) is 83.0 Å². The normalized spacial score (nSPS) is 28.6. The number of hydrogen-bond acceptors (Lipinski definition) is 4. The maximum Gasteiger partial charge on any atom is 0.229 e. The fourth-order valence-electron chi connectivity index (χ4n) is 4.34. The summed E-state index contributed by atoms with van der Waals surface area (Å²) in [6.45, 7) is 3.74. The third-order valence-corrected chi connectivity index (χ3v) is 5.98. The first-order valence-electron chi connectivity index (χ1n) is 9.52. The summed E-state index contributed by atoms with van der Waals surface area (Å²) in [5.41, 5.74) is 0.270. The molecule has 2 atom stereocenters. The molecule has 1 aliphatic heterocycles. The van der Waals surface area contributed by atoms with Crippen molar-refractivity contribution in [3.63, 3.8) is 0 Å². The Morgan fingerprint density at radius 3 is 2.56 bits per heavy atom. The Kier molecular flexibility index (Phi) is 5.61. The highest BCUT2D eigenvalue weighted by molar-refractivity contribution is 5.97. The van der Waals surface area contributed by atoms with Gasteiger partial charge in [-0.3, -0.25) is 19.5 Å². The van der Waals surface area contributed by atoms with E-state index in [2.05, 4.69) is 22.5 Å². The van der Waals surface area contributed by atoms with Crippen LogP contribution in [0.25, 0.3) is 0 Å². The van der Waals surface area contributed by atoms with Gasteiger partial charge in [-0.25, -0.2) is 0 Å². The molecule has 2 unspecified atom stereocenters. The molecule has 2 amide bonds. The Balaban J connectivity index is 1.46. The number of imide groups is 1. The number of likely N-dealkylation sites (tertiary alicyclic amines) is 1. The van der Waals surface area contributed by atoms with Crippen LogP contribution in [-0.4, -0.2) is 61.6 Å². The summed E-state index contributed by atoms with van der Waals surface area (Å²) in [4.78, 5) is 29.3. The van der Waals surface area contributed by atoms with Gasteiger partial charge in [-0.15, -0.1) is 0 Å². The van der Waals surface area contributed by atoms with Crippen LogP contribution < -0.4 is 10.6 Å². The number of carbonyl (C=O) groups excluding carboxylic acids is 2. The maximum absolute atomic E-state index is 11.8. The summed E-state index contributed by atoms with van der Waals surface area (Å²) >= 11 is 0. The van der Waals surface area contributed by atoms with Gasteiger partial charge >= 0.3 is 0 Å². The van der Waals surface area contributed by atoms with Crippen LogP contribution in [0.2, 0.25) is 0 Å². The number of nitrogens with zero attached hydrogens (tertiary/aromatic N) is 2. The van der Waals surface area contributed by atoms with Crippen molar-refractivity contribution in [1.29, 1.82) is 0 Å². The molecule has 0 aromatic carbocycles. The molecule has 2 saturated carbocycles. The van der Waals surface area contributed by atoms with Gasteiger partial charge in [0.2, 0.25) is 11.8 Å². The highest BCUT2D eigenvalue weighted by atomic mass is 16.5. The molecule has 3 fully saturated rings. The molecule has 0 radical (unpaired) electrons. The van der Waals surface area contributed by atoms with Crippen molar-refractivity contribution in [3.8, 4) is 0 Å². The molecule has 140 valence electrons. The lowest BCUT2D eigenvalue weighted by Crippen LogP contribution is -2.68. The van der Waals surface area contributed by atoms with E-state index in [1.54, 1.807) is 7.05 Å². The van der Waals surface area contributed by atoms with Gasteiger partial charge in [-0.2, -0.15) is 0 Å². The molecule has 3 rings (SSSR count). The number of amides is 2. The molecule has 7 heteroatoms. The molecule has 25 heavy (non-hydrogen) atoms. The van der Waals surface area contributed by atoms with E-state index in [1.807, 2.05) is 0 Å². The lowest BCUT2D eigenvalue weighted by atomic mass is 9.51. The van der Waals surface area contributed by atoms with Gasteiger partial charge in [-0.05, 0) is 32.6 Å². The van der Waals surface area contributed by atoms with Crippen molar-refractivity contribution >= 4 is 17.8 Å². The molecule has 0 aromatic rings. The van der Waals surface area contributed by atoms with Crippen LogP contribution >= 0.6 is 0 Å². The molecule has 1 spiro atoms. The van der Waals surface area contributed by atoms with E-state index in [9.17, 15) is 9.59 Å². The van der Waals surface area contributed by atoms with E-state index in [1.165, 1.54) is 24.2 Å². The third kappa shape index (κ3) is 3.52. The van der Waals surface area contributed by atoms with Gasteiger partial charge in [-0.1, -0.05) is 6.42 Å². The zero-order valence-electron chi connectivity index (χ0n) is 15.3. The molecule has 1 heterocycles. The molecule has 0 aromatic heterocycles. The summed E-state index contributed by atoms with van der Waals surface area (Å²) in [6, 6.07) is 0.391. The molecule has 2 aliphatic carbocycles. The first-order valence-corrected chi connectivity index (χ1v) is 9.52. The van der Waals surface area contributed by atoms with Crippen LogP contribution in [0.5, 0.6) is 0 Å². The summed E-state index contributed by atoms with van der Waals surface area (Å²) in [5, 5.41) is 6.76. The van der Waals surface area contributed by atoms with Crippen molar-refractivity contribution < 1.29 is 14.3 Å². The predicted octanol–water partition coefficient (Wildman–Crippen LogP) is 1.04. The van der Waals surface area contributed by atoms with Gasteiger partial charge in [0.15, 0.2) is 5.96 Å². The van der Waals surface area contributed by atoms with Crippen LogP contribution in [0.3, 0.4) is 0 Å². The molecule has 7 nitrogen and oxygen atoms in total. The van der Waals surface area contributed by atoms with E-state index < -0.39 is 0 Å².